The molecule has 160 valence electrons. The van der Waals surface area contributed by atoms with Gasteiger partial charge in [-0.1, -0.05) is 0 Å². The summed E-state index contributed by atoms with van der Waals surface area (Å²) in [5.74, 6) is -1.12. The Labute approximate surface area is 171 Å². The van der Waals surface area contributed by atoms with E-state index < -0.39 is 18.0 Å². The molecule has 0 radical (unpaired) electrons. The molecule has 9 heteroatoms. The summed E-state index contributed by atoms with van der Waals surface area (Å²) in [7, 11) is 0. The lowest BCUT2D eigenvalue weighted by Crippen LogP contribution is -2.34. The number of carbonyl (C=O) groups is 1. The van der Waals surface area contributed by atoms with Gasteiger partial charge in [-0.3, -0.25) is 4.79 Å². The molecule has 30 heavy (non-hydrogen) atoms. The van der Waals surface area contributed by atoms with Crippen molar-refractivity contribution in [2.75, 3.05) is 18.0 Å². The molecule has 1 aromatic carbocycles. The van der Waals surface area contributed by atoms with Crippen LogP contribution in [0.15, 0.2) is 23.1 Å². The van der Waals surface area contributed by atoms with Crippen LogP contribution in [0.3, 0.4) is 0 Å². The highest BCUT2D eigenvalue weighted by Crippen LogP contribution is 2.47. The summed E-state index contributed by atoms with van der Waals surface area (Å²) >= 11 is 0. The first-order valence-electron chi connectivity index (χ1n) is 10.2. The highest BCUT2D eigenvalue weighted by atomic mass is 19.3. The molecular formula is C21H23F2N3O4. The number of carboxylic acids is 1. The largest absolute Gasteiger partial charge is 0.477 e. The Morgan fingerprint density at radius 2 is 2.00 bits per heavy atom. The molecule has 5 rings (SSSR count). The molecule has 2 saturated carbocycles. The van der Waals surface area contributed by atoms with Crippen molar-refractivity contribution in [1.82, 2.24) is 4.57 Å². The maximum atomic E-state index is 13.4. The smallest absolute Gasteiger partial charge is 0.387 e. The Morgan fingerprint density at radius 1 is 1.27 bits per heavy atom. The number of alkyl halides is 2. The predicted molar refractivity (Wildman–Crippen MR) is 107 cm³/mol. The number of ether oxygens (including phenoxy) is 1. The molecule has 1 atom stereocenters. The highest BCUT2D eigenvalue weighted by Gasteiger charge is 2.48. The molecule has 2 aromatic rings. The number of halogens is 2. The Hall–Kier alpha value is -2.68. The minimum atomic E-state index is -3.07. The number of aromatic nitrogens is 1. The van der Waals surface area contributed by atoms with Crippen LogP contribution in [0.25, 0.3) is 10.9 Å². The summed E-state index contributed by atoms with van der Waals surface area (Å²) in [6.45, 7) is -1.77. The molecule has 3 aliphatic rings. The van der Waals surface area contributed by atoms with Gasteiger partial charge in [-0.2, -0.15) is 8.78 Å². The third kappa shape index (κ3) is 3.12. The van der Waals surface area contributed by atoms with Crippen LogP contribution in [-0.4, -0.2) is 40.9 Å². The minimum Gasteiger partial charge on any atom is -0.477 e. The van der Waals surface area contributed by atoms with E-state index in [1.165, 1.54) is 12.3 Å². The Morgan fingerprint density at radius 3 is 2.60 bits per heavy atom. The molecule has 1 aliphatic heterocycles. The second-order valence-corrected chi connectivity index (χ2v) is 8.67. The maximum Gasteiger partial charge on any atom is 0.387 e. The van der Waals surface area contributed by atoms with Gasteiger partial charge < -0.3 is 25.0 Å². The van der Waals surface area contributed by atoms with E-state index in [0.717, 1.165) is 32.1 Å². The minimum absolute atomic E-state index is 0.0356. The monoisotopic (exact) mass is 419 g/mol. The quantitative estimate of drug-likeness (QED) is 0.747. The number of anilines is 1. The molecular weight excluding hydrogens is 396 g/mol. The number of hydrogen-bond donors (Lipinski definition) is 2. The average Bonchev–Trinajstić information content (AvgIpc) is 3.61. The van der Waals surface area contributed by atoms with E-state index in [4.69, 9.17) is 10.5 Å². The van der Waals surface area contributed by atoms with Gasteiger partial charge in [0, 0.05) is 30.9 Å². The maximum absolute atomic E-state index is 13.4. The van der Waals surface area contributed by atoms with Gasteiger partial charge in [0.1, 0.15) is 5.56 Å². The fourth-order valence-electron chi connectivity index (χ4n) is 4.66. The molecule has 3 fully saturated rings. The van der Waals surface area contributed by atoms with Crippen LogP contribution in [0.1, 0.15) is 48.5 Å². The number of aromatic carboxylic acids is 1. The van der Waals surface area contributed by atoms with Gasteiger partial charge in [-0.25, -0.2) is 4.79 Å². The molecule has 3 N–H and O–H groups in total. The molecule has 7 nitrogen and oxygen atoms in total. The average molecular weight is 419 g/mol. The number of nitrogens with zero attached hydrogens (tertiary/aromatic N) is 2. The summed E-state index contributed by atoms with van der Waals surface area (Å²) < 4.78 is 33.4. The first-order chi connectivity index (χ1) is 14.3. The van der Waals surface area contributed by atoms with Gasteiger partial charge >= 0.3 is 12.6 Å². The zero-order chi connectivity index (χ0) is 21.2. The van der Waals surface area contributed by atoms with E-state index >= 15 is 0 Å². The number of carboxylic acid groups (broad SMARTS) is 1. The van der Waals surface area contributed by atoms with Crippen molar-refractivity contribution in [2.45, 2.75) is 50.3 Å². The Kier molecular flexibility index (Phi) is 4.29. The van der Waals surface area contributed by atoms with E-state index in [1.54, 1.807) is 10.6 Å². The predicted octanol–water partition coefficient (Wildman–Crippen LogP) is 2.95. The highest BCUT2D eigenvalue weighted by molar-refractivity contribution is 5.97. The summed E-state index contributed by atoms with van der Waals surface area (Å²) in [5.41, 5.74) is 5.86. The van der Waals surface area contributed by atoms with Crippen LogP contribution in [0.4, 0.5) is 14.5 Å². The summed E-state index contributed by atoms with van der Waals surface area (Å²) in [4.78, 5) is 26.3. The van der Waals surface area contributed by atoms with Crippen LogP contribution in [0.2, 0.25) is 0 Å². The van der Waals surface area contributed by atoms with Gasteiger partial charge in [-0.15, -0.1) is 0 Å². The first-order valence-corrected chi connectivity index (χ1v) is 10.2. The van der Waals surface area contributed by atoms with Crippen LogP contribution in [0, 0.1) is 5.92 Å². The van der Waals surface area contributed by atoms with Crippen LogP contribution >= 0.6 is 0 Å². The second kappa shape index (κ2) is 6.66. The van der Waals surface area contributed by atoms with Gasteiger partial charge in [0.2, 0.25) is 5.43 Å². The SMILES string of the molecule is NC1(C2CCN(c3ccc4c(=O)c(C(=O)O)cn(C5CC5)c4c3OC(F)F)C2)CC1. The van der Waals surface area contributed by atoms with Crippen molar-refractivity contribution in [1.29, 1.82) is 0 Å². The molecule has 0 amide bonds. The van der Waals surface area contributed by atoms with Crippen molar-refractivity contribution in [3.8, 4) is 5.75 Å². The summed E-state index contributed by atoms with van der Waals surface area (Å²) in [6.07, 6.45) is 5.66. The number of fused-ring (bicyclic) bond motifs is 1. The van der Waals surface area contributed by atoms with Gasteiger partial charge in [0.15, 0.2) is 5.75 Å². The molecule has 2 heterocycles. The van der Waals surface area contributed by atoms with Crippen molar-refractivity contribution in [2.24, 2.45) is 11.7 Å². The van der Waals surface area contributed by atoms with Gasteiger partial charge in [0.25, 0.3) is 0 Å². The van der Waals surface area contributed by atoms with E-state index in [2.05, 4.69) is 0 Å². The van der Waals surface area contributed by atoms with Crippen molar-refractivity contribution in [3.63, 3.8) is 0 Å². The molecule has 1 unspecified atom stereocenters. The second-order valence-electron chi connectivity index (χ2n) is 8.67. The van der Waals surface area contributed by atoms with Crippen molar-refractivity contribution < 1.29 is 23.4 Å². The standard InChI is InChI=1S/C21H23F2N3O4/c22-20(23)30-18-15(25-8-5-11(9-25)21(24)6-7-21)4-3-13-16(18)26(12-1-2-12)10-14(17(13)27)19(28)29/h3-4,10-12,20H,1-2,5-9,24H2,(H,28,29). The number of benzene rings is 1. The molecule has 2 aliphatic carbocycles. The lowest BCUT2D eigenvalue weighted by atomic mass is 9.97. The Bertz CT molecular complexity index is 1090. The van der Waals surface area contributed by atoms with Crippen molar-refractivity contribution in [3.05, 3.63) is 34.1 Å². The lowest BCUT2D eigenvalue weighted by Gasteiger charge is -2.25. The summed E-state index contributed by atoms with van der Waals surface area (Å²) in [5, 5.41) is 9.50. The Balaban J connectivity index is 1.68. The fraction of sp³-hybridized carbons (Fsp3) is 0.524. The topological polar surface area (TPSA) is 97.8 Å². The van der Waals surface area contributed by atoms with Crippen LogP contribution in [0.5, 0.6) is 5.75 Å². The number of rotatable bonds is 6. The first kappa shape index (κ1) is 19.3. The van der Waals surface area contributed by atoms with E-state index in [-0.39, 0.29) is 39.7 Å². The summed E-state index contributed by atoms with van der Waals surface area (Å²) in [6, 6.07) is 3.08. The number of hydrogen-bond acceptors (Lipinski definition) is 5. The number of nitrogens with two attached hydrogens (primary N) is 1. The zero-order valence-electron chi connectivity index (χ0n) is 16.3. The molecule has 0 spiro atoms. The number of pyridine rings is 1. The lowest BCUT2D eigenvalue weighted by molar-refractivity contribution is -0.0487. The fourth-order valence-corrected chi connectivity index (χ4v) is 4.66. The van der Waals surface area contributed by atoms with E-state index in [1.807, 2.05) is 4.90 Å². The van der Waals surface area contributed by atoms with Crippen LogP contribution in [-0.2, 0) is 0 Å². The van der Waals surface area contributed by atoms with Gasteiger partial charge in [-0.05, 0) is 50.2 Å². The third-order valence-electron chi connectivity index (χ3n) is 6.67. The van der Waals surface area contributed by atoms with E-state index in [9.17, 15) is 23.5 Å². The molecule has 0 bridgehead atoms. The molecule has 1 saturated heterocycles. The van der Waals surface area contributed by atoms with Gasteiger partial charge in [0.05, 0.1) is 16.6 Å². The van der Waals surface area contributed by atoms with Crippen molar-refractivity contribution >= 4 is 22.6 Å². The third-order valence-corrected chi connectivity index (χ3v) is 6.67. The zero-order valence-corrected chi connectivity index (χ0v) is 16.3. The van der Waals surface area contributed by atoms with E-state index in [0.29, 0.717) is 18.8 Å². The van der Waals surface area contributed by atoms with Crippen LogP contribution < -0.4 is 20.8 Å². The normalized spacial score (nSPS) is 22.7. The molecule has 1 aromatic heterocycles.